The lowest BCUT2D eigenvalue weighted by molar-refractivity contribution is -0.119. The second-order valence-electron chi connectivity index (χ2n) is 3.12. The highest BCUT2D eigenvalue weighted by Gasteiger charge is 2.32. The molecule has 0 aromatic carbocycles. The van der Waals surface area contributed by atoms with Crippen LogP contribution in [0.3, 0.4) is 0 Å². The molecule has 1 aromatic heterocycles. The van der Waals surface area contributed by atoms with Crippen molar-refractivity contribution in [1.29, 1.82) is 5.26 Å². The number of halogens is 3. The first-order valence-electron chi connectivity index (χ1n) is 4.47. The summed E-state index contributed by atoms with van der Waals surface area (Å²) in [6.45, 7) is -1.96. The standard InChI is InChI=1S/C8H9F3N4OS/c9-8(10,11)4-15(1-2-16)7-5(3-12)6(13)14-17-7/h16H,1-2,4H2,(H2,13,14). The van der Waals surface area contributed by atoms with E-state index in [1.165, 1.54) is 0 Å². The zero-order valence-electron chi connectivity index (χ0n) is 8.53. The van der Waals surface area contributed by atoms with Crippen LogP contribution in [0.1, 0.15) is 5.56 Å². The van der Waals surface area contributed by atoms with E-state index in [9.17, 15) is 13.2 Å². The minimum absolute atomic E-state index is 0.0244. The highest BCUT2D eigenvalue weighted by atomic mass is 32.1. The summed E-state index contributed by atoms with van der Waals surface area (Å²) in [5, 5.41) is 17.5. The second-order valence-corrected chi connectivity index (χ2v) is 3.87. The average Bonchev–Trinajstić information content (AvgIpc) is 2.56. The van der Waals surface area contributed by atoms with Crippen LogP contribution in [0.4, 0.5) is 24.0 Å². The molecule has 1 rings (SSSR count). The monoisotopic (exact) mass is 266 g/mol. The first kappa shape index (κ1) is 13.5. The maximum atomic E-state index is 12.3. The predicted octanol–water partition coefficient (Wildman–Crippen LogP) is 0.958. The highest BCUT2D eigenvalue weighted by molar-refractivity contribution is 7.10. The lowest BCUT2D eigenvalue weighted by Gasteiger charge is -2.23. The Morgan fingerprint density at radius 1 is 1.53 bits per heavy atom. The van der Waals surface area contributed by atoms with Gasteiger partial charge in [0.05, 0.1) is 6.61 Å². The van der Waals surface area contributed by atoms with Crippen molar-refractivity contribution in [1.82, 2.24) is 4.37 Å². The van der Waals surface area contributed by atoms with E-state index in [0.717, 1.165) is 4.90 Å². The Balaban J connectivity index is 3.02. The van der Waals surface area contributed by atoms with Crippen LogP contribution in [0.25, 0.3) is 0 Å². The molecule has 9 heteroatoms. The number of aromatic nitrogens is 1. The maximum Gasteiger partial charge on any atom is 0.405 e. The zero-order valence-corrected chi connectivity index (χ0v) is 9.35. The normalized spacial score (nSPS) is 11.2. The highest BCUT2D eigenvalue weighted by Crippen LogP contribution is 2.31. The fourth-order valence-corrected chi connectivity index (χ4v) is 1.99. The molecule has 0 spiro atoms. The number of hydrogen-bond acceptors (Lipinski definition) is 6. The number of hydrogen-bond donors (Lipinski definition) is 2. The van der Waals surface area contributed by atoms with E-state index in [-0.39, 0.29) is 22.9 Å². The third-order valence-electron chi connectivity index (χ3n) is 1.84. The Kier molecular flexibility index (Phi) is 4.14. The van der Waals surface area contributed by atoms with E-state index in [4.69, 9.17) is 16.1 Å². The molecule has 0 saturated carbocycles. The van der Waals surface area contributed by atoms with Crippen molar-refractivity contribution in [2.45, 2.75) is 6.18 Å². The number of nitrogen functional groups attached to an aromatic ring is 1. The van der Waals surface area contributed by atoms with Gasteiger partial charge in [-0.1, -0.05) is 0 Å². The molecule has 94 valence electrons. The zero-order chi connectivity index (χ0) is 13.1. The summed E-state index contributed by atoms with van der Waals surface area (Å²) in [7, 11) is 0. The van der Waals surface area contributed by atoms with E-state index in [1.54, 1.807) is 6.07 Å². The van der Waals surface area contributed by atoms with Gasteiger partial charge in [0.25, 0.3) is 0 Å². The van der Waals surface area contributed by atoms with Crippen molar-refractivity contribution < 1.29 is 18.3 Å². The van der Waals surface area contributed by atoms with Crippen molar-refractivity contribution in [3.05, 3.63) is 5.56 Å². The van der Waals surface area contributed by atoms with Crippen LogP contribution in [0.5, 0.6) is 0 Å². The van der Waals surface area contributed by atoms with Crippen LogP contribution in [0, 0.1) is 11.3 Å². The Morgan fingerprint density at radius 3 is 2.65 bits per heavy atom. The molecule has 3 N–H and O–H groups in total. The van der Waals surface area contributed by atoms with E-state index >= 15 is 0 Å². The van der Waals surface area contributed by atoms with Gasteiger partial charge in [-0.15, -0.1) is 0 Å². The van der Waals surface area contributed by atoms with Gasteiger partial charge in [0.1, 0.15) is 23.2 Å². The van der Waals surface area contributed by atoms with Crippen molar-refractivity contribution in [3.8, 4) is 6.07 Å². The Morgan fingerprint density at radius 2 is 2.18 bits per heavy atom. The molecule has 1 heterocycles. The molecule has 0 amide bonds. The largest absolute Gasteiger partial charge is 0.405 e. The van der Waals surface area contributed by atoms with E-state index in [2.05, 4.69) is 4.37 Å². The third kappa shape index (κ3) is 3.47. The summed E-state index contributed by atoms with van der Waals surface area (Å²) in [6.07, 6.45) is -4.43. The fourth-order valence-electron chi connectivity index (χ4n) is 1.20. The van der Waals surface area contributed by atoms with Crippen molar-refractivity contribution >= 4 is 22.4 Å². The van der Waals surface area contributed by atoms with Gasteiger partial charge in [-0.2, -0.15) is 22.8 Å². The van der Waals surface area contributed by atoms with E-state index in [1.807, 2.05) is 0 Å². The molecule has 0 saturated heterocycles. The molecule has 1 aromatic rings. The molecule has 0 aliphatic heterocycles. The maximum absolute atomic E-state index is 12.3. The van der Waals surface area contributed by atoms with Gasteiger partial charge in [0.2, 0.25) is 0 Å². The number of aliphatic hydroxyl groups excluding tert-OH is 1. The van der Waals surface area contributed by atoms with Crippen LogP contribution in [0.2, 0.25) is 0 Å². The summed E-state index contributed by atoms with van der Waals surface area (Å²) >= 11 is 0.707. The number of nitrogens with zero attached hydrogens (tertiary/aromatic N) is 3. The lowest BCUT2D eigenvalue weighted by Crippen LogP contribution is -2.36. The predicted molar refractivity (Wildman–Crippen MR) is 56.6 cm³/mol. The third-order valence-corrected chi connectivity index (χ3v) is 2.76. The van der Waals surface area contributed by atoms with Gasteiger partial charge < -0.3 is 15.7 Å². The van der Waals surface area contributed by atoms with Crippen LogP contribution < -0.4 is 10.6 Å². The number of nitrogens with two attached hydrogens (primary N) is 1. The van der Waals surface area contributed by atoms with Crippen LogP contribution in [-0.2, 0) is 0 Å². The molecular formula is C8H9F3N4OS. The Bertz CT molecular complexity index is 425. The van der Waals surface area contributed by atoms with Crippen molar-refractivity contribution in [3.63, 3.8) is 0 Å². The number of nitriles is 1. The van der Waals surface area contributed by atoms with Gasteiger partial charge in [0, 0.05) is 6.54 Å². The Hall–Kier alpha value is -1.53. The van der Waals surface area contributed by atoms with Gasteiger partial charge in [-0.05, 0) is 11.5 Å². The molecular weight excluding hydrogens is 257 g/mol. The smallest absolute Gasteiger partial charge is 0.395 e. The summed E-state index contributed by atoms with van der Waals surface area (Å²) in [6, 6.07) is 1.70. The van der Waals surface area contributed by atoms with Crippen molar-refractivity contribution in [2.75, 3.05) is 30.3 Å². The minimum atomic E-state index is -4.43. The quantitative estimate of drug-likeness (QED) is 0.847. The fraction of sp³-hybridized carbons (Fsp3) is 0.500. The molecule has 0 bridgehead atoms. The molecule has 0 aliphatic carbocycles. The van der Waals surface area contributed by atoms with Gasteiger partial charge >= 0.3 is 6.18 Å². The molecule has 0 radical (unpaired) electrons. The molecule has 0 fully saturated rings. The van der Waals surface area contributed by atoms with E-state index in [0.29, 0.717) is 11.5 Å². The second kappa shape index (κ2) is 5.20. The van der Waals surface area contributed by atoms with Crippen LogP contribution in [0.15, 0.2) is 0 Å². The van der Waals surface area contributed by atoms with Crippen LogP contribution in [-0.4, -0.2) is 35.4 Å². The van der Waals surface area contributed by atoms with Gasteiger partial charge in [-0.25, -0.2) is 0 Å². The molecule has 0 unspecified atom stereocenters. The van der Waals surface area contributed by atoms with Crippen molar-refractivity contribution in [2.24, 2.45) is 0 Å². The van der Waals surface area contributed by atoms with Gasteiger partial charge in [0.15, 0.2) is 5.82 Å². The minimum Gasteiger partial charge on any atom is -0.395 e. The molecule has 0 atom stereocenters. The van der Waals surface area contributed by atoms with E-state index < -0.39 is 19.3 Å². The lowest BCUT2D eigenvalue weighted by atomic mass is 10.3. The average molecular weight is 266 g/mol. The SMILES string of the molecule is N#Cc1c(N)nsc1N(CCO)CC(F)(F)F. The molecule has 5 nitrogen and oxygen atoms in total. The first-order valence-corrected chi connectivity index (χ1v) is 5.24. The number of anilines is 2. The summed E-state index contributed by atoms with van der Waals surface area (Å²) in [5.74, 6) is -0.0994. The Labute approximate surface area is 99.0 Å². The van der Waals surface area contributed by atoms with Gasteiger partial charge in [-0.3, -0.25) is 0 Å². The molecule has 0 aliphatic rings. The first-order chi connectivity index (χ1) is 7.89. The topological polar surface area (TPSA) is 86.2 Å². The number of alkyl halides is 3. The summed E-state index contributed by atoms with van der Waals surface area (Å²) in [4.78, 5) is 0.840. The van der Waals surface area contributed by atoms with Crippen LogP contribution >= 0.6 is 11.5 Å². The number of rotatable bonds is 4. The summed E-state index contributed by atoms with van der Waals surface area (Å²) < 4.78 is 40.5. The number of aliphatic hydroxyl groups is 1. The summed E-state index contributed by atoms with van der Waals surface area (Å²) in [5.41, 5.74) is 5.27. The molecule has 17 heavy (non-hydrogen) atoms.